The van der Waals surface area contributed by atoms with Crippen molar-refractivity contribution in [2.45, 2.75) is 83.7 Å². The van der Waals surface area contributed by atoms with Crippen molar-refractivity contribution in [1.29, 1.82) is 0 Å². The number of nitrogens with zero attached hydrogens (tertiary/aromatic N) is 1. The van der Waals surface area contributed by atoms with Crippen LogP contribution in [0.25, 0.3) is 0 Å². The molecule has 0 aliphatic carbocycles. The van der Waals surface area contributed by atoms with E-state index in [1.165, 1.54) is 77.4 Å². The van der Waals surface area contributed by atoms with Gasteiger partial charge in [-0.05, 0) is 75.9 Å². The molecule has 2 heteroatoms. The summed E-state index contributed by atoms with van der Waals surface area (Å²) in [5, 5.41) is 3.77. The van der Waals surface area contributed by atoms with E-state index in [1.54, 1.807) is 0 Å². The van der Waals surface area contributed by atoms with Gasteiger partial charge < -0.3 is 10.2 Å². The Bertz CT molecular complexity index is 289. The Kier molecular flexibility index (Phi) is 4.72. The monoisotopic (exact) mass is 278 g/mol. The average Bonchev–Trinajstić information content (AvgIpc) is 2.84. The lowest BCUT2D eigenvalue weighted by Crippen LogP contribution is -2.42. The van der Waals surface area contributed by atoms with E-state index in [9.17, 15) is 0 Å². The second-order valence-corrected chi connectivity index (χ2v) is 7.81. The largest absolute Gasteiger partial charge is 0.311 e. The first-order valence-corrected chi connectivity index (χ1v) is 9.21. The predicted molar refractivity (Wildman–Crippen MR) is 86.0 cm³/mol. The van der Waals surface area contributed by atoms with Gasteiger partial charge in [0.15, 0.2) is 0 Å². The zero-order chi connectivity index (χ0) is 14.0. The van der Waals surface area contributed by atoms with Crippen molar-refractivity contribution in [3.05, 3.63) is 0 Å². The van der Waals surface area contributed by atoms with Gasteiger partial charge in [0.25, 0.3) is 0 Å². The van der Waals surface area contributed by atoms with Crippen LogP contribution in [0, 0.1) is 11.3 Å². The van der Waals surface area contributed by atoms with Gasteiger partial charge in [0, 0.05) is 12.1 Å². The highest BCUT2D eigenvalue weighted by Crippen LogP contribution is 2.38. The fourth-order valence-electron chi connectivity index (χ4n) is 4.98. The van der Waals surface area contributed by atoms with Gasteiger partial charge >= 0.3 is 0 Å². The molecular formula is C18H34N2. The molecule has 0 amide bonds. The van der Waals surface area contributed by atoms with Crippen LogP contribution in [0.2, 0.25) is 0 Å². The van der Waals surface area contributed by atoms with Crippen LogP contribution < -0.4 is 5.32 Å². The quantitative estimate of drug-likeness (QED) is 0.822. The van der Waals surface area contributed by atoms with E-state index >= 15 is 0 Å². The molecular weight excluding hydrogens is 244 g/mol. The van der Waals surface area contributed by atoms with Crippen molar-refractivity contribution in [3.8, 4) is 0 Å². The van der Waals surface area contributed by atoms with Gasteiger partial charge in [-0.1, -0.05) is 26.7 Å². The average molecular weight is 278 g/mol. The van der Waals surface area contributed by atoms with E-state index in [-0.39, 0.29) is 0 Å². The number of piperidine rings is 2. The maximum Gasteiger partial charge on any atom is 0.00728 e. The molecule has 0 aromatic carbocycles. The van der Waals surface area contributed by atoms with Gasteiger partial charge in [0.1, 0.15) is 0 Å². The van der Waals surface area contributed by atoms with Crippen LogP contribution in [0.4, 0.5) is 0 Å². The molecule has 20 heavy (non-hydrogen) atoms. The van der Waals surface area contributed by atoms with Gasteiger partial charge in [0.2, 0.25) is 0 Å². The number of rotatable bonds is 5. The Morgan fingerprint density at radius 2 is 1.60 bits per heavy atom. The van der Waals surface area contributed by atoms with Gasteiger partial charge in [-0.15, -0.1) is 0 Å². The number of hydrogen-bond acceptors (Lipinski definition) is 2. The van der Waals surface area contributed by atoms with Gasteiger partial charge in [-0.3, -0.25) is 0 Å². The summed E-state index contributed by atoms with van der Waals surface area (Å²) >= 11 is 0. The van der Waals surface area contributed by atoms with E-state index in [1.807, 2.05) is 0 Å². The van der Waals surface area contributed by atoms with Crippen molar-refractivity contribution < 1.29 is 0 Å². The highest BCUT2D eigenvalue weighted by molar-refractivity contribution is 4.92. The second-order valence-electron chi connectivity index (χ2n) is 7.81. The molecule has 3 aliphatic heterocycles. The third kappa shape index (κ3) is 3.22. The highest BCUT2D eigenvalue weighted by Gasteiger charge is 2.34. The lowest BCUT2D eigenvalue weighted by Gasteiger charge is -2.41. The zero-order valence-electron chi connectivity index (χ0n) is 13.7. The molecule has 2 atom stereocenters. The molecule has 2 bridgehead atoms. The molecule has 116 valence electrons. The van der Waals surface area contributed by atoms with E-state index < -0.39 is 0 Å². The minimum Gasteiger partial charge on any atom is -0.311 e. The Labute approximate surface area is 125 Å². The minimum atomic E-state index is 0.685. The smallest absolute Gasteiger partial charge is 0.00728 e. The summed E-state index contributed by atoms with van der Waals surface area (Å²) < 4.78 is 0. The fourth-order valence-corrected chi connectivity index (χ4v) is 4.98. The third-order valence-electron chi connectivity index (χ3n) is 6.84. The highest BCUT2D eigenvalue weighted by atomic mass is 15.1. The lowest BCUT2D eigenvalue weighted by atomic mass is 9.74. The first kappa shape index (κ1) is 14.8. The fraction of sp³-hybridized carbons (Fsp3) is 1.00. The summed E-state index contributed by atoms with van der Waals surface area (Å²) in [7, 11) is 0. The van der Waals surface area contributed by atoms with Crippen molar-refractivity contribution >= 4 is 0 Å². The molecule has 0 saturated carbocycles. The Morgan fingerprint density at radius 3 is 2.15 bits per heavy atom. The first-order valence-electron chi connectivity index (χ1n) is 9.21. The molecule has 3 rings (SSSR count). The SMILES string of the molecule is CCC1(CC)CCN(CCC2CC3CCC(C2)N3)CC1. The lowest BCUT2D eigenvalue weighted by molar-refractivity contribution is 0.0888. The van der Waals surface area contributed by atoms with Crippen molar-refractivity contribution in [2.75, 3.05) is 19.6 Å². The van der Waals surface area contributed by atoms with Crippen LogP contribution in [0.1, 0.15) is 71.6 Å². The van der Waals surface area contributed by atoms with Crippen LogP contribution in [-0.4, -0.2) is 36.6 Å². The summed E-state index contributed by atoms with van der Waals surface area (Å²) in [4.78, 5) is 2.76. The van der Waals surface area contributed by atoms with Gasteiger partial charge in [0.05, 0.1) is 0 Å². The summed E-state index contributed by atoms with van der Waals surface area (Å²) in [6.07, 6.45) is 12.9. The molecule has 0 aromatic heterocycles. The van der Waals surface area contributed by atoms with Crippen molar-refractivity contribution in [3.63, 3.8) is 0 Å². The molecule has 3 fully saturated rings. The van der Waals surface area contributed by atoms with Crippen LogP contribution in [0.3, 0.4) is 0 Å². The standard InChI is InChI=1S/C18H34N2/c1-3-18(4-2)8-11-20(12-9-18)10-7-15-13-16-5-6-17(14-15)19-16/h15-17,19H,3-14H2,1-2H3. The summed E-state index contributed by atoms with van der Waals surface area (Å²) in [5.74, 6) is 1.01. The van der Waals surface area contributed by atoms with Crippen molar-refractivity contribution in [2.24, 2.45) is 11.3 Å². The van der Waals surface area contributed by atoms with Gasteiger partial charge in [-0.25, -0.2) is 0 Å². The summed E-state index contributed by atoms with van der Waals surface area (Å²) in [6.45, 7) is 8.88. The Morgan fingerprint density at radius 1 is 1.00 bits per heavy atom. The van der Waals surface area contributed by atoms with E-state index in [0.717, 1.165) is 18.0 Å². The molecule has 1 N–H and O–H groups in total. The van der Waals surface area contributed by atoms with Crippen LogP contribution in [0.5, 0.6) is 0 Å². The topological polar surface area (TPSA) is 15.3 Å². The van der Waals surface area contributed by atoms with E-state index in [2.05, 4.69) is 24.1 Å². The third-order valence-corrected chi connectivity index (χ3v) is 6.84. The summed E-state index contributed by atoms with van der Waals surface area (Å²) in [6, 6.07) is 1.74. The molecule has 2 nitrogen and oxygen atoms in total. The molecule has 3 saturated heterocycles. The Hall–Kier alpha value is -0.0800. The molecule has 3 heterocycles. The second kappa shape index (κ2) is 6.36. The number of fused-ring (bicyclic) bond motifs is 2. The summed E-state index contributed by atoms with van der Waals surface area (Å²) in [5.41, 5.74) is 0.685. The molecule has 2 unspecified atom stereocenters. The van der Waals surface area contributed by atoms with E-state index in [0.29, 0.717) is 5.41 Å². The maximum atomic E-state index is 3.77. The molecule has 0 aromatic rings. The maximum absolute atomic E-state index is 3.77. The molecule has 3 aliphatic rings. The number of likely N-dealkylation sites (tertiary alicyclic amines) is 1. The van der Waals surface area contributed by atoms with Crippen molar-refractivity contribution in [1.82, 2.24) is 10.2 Å². The Balaban J connectivity index is 1.40. The van der Waals surface area contributed by atoms with Crippen LogP contribution in [0.15, 0.2) is 0 Å². The van der Waals surface area contributed by atoms with Crippen LogP contribution in [-0.2, 0) is 0 Å². The minimum absolute atomic E-state index is 0.685. The number of nitrogens with one attached hydrogen (secondary N) is 1. The number of hydrogen-bond donors (Lipinski definition) is 1. The van der Waals surface area contributed by atoms with Gasteiger partial charge in [-0.2, -0.15) is 0 Å². The van der Waals surface area contributed by atoms with Crippen LogP contribution >= 0.6 is 0 Å². The molecule has 0 spiro atoms. The first-order chi connectivity index (χ1) is 9.73. The molecule has 0 radical (unpaired) electrons. The van der Waals surface area contributed by atoms with E-state index in [4.69, 9.17) is 0 Å². The predicted octanol–water partition coefficient (Wildman–Crippen LogP) is 3.81. The zero-order valence-corrected chi connectivity index (χ0v) is 13.7. The normalized spacial score (nSPS) is 37.2.